The Labute approximate surface area is 234 Å². The van der Waals surface area contributed by atoms with Crippen molar-refractivity contribution in [3.05, 3.63) is 80.7 Å². The van der Waals surface area contributed by atoms with Crippen molar-refractivity contribution in [2.75, 3.05) is 24.9 Å². The molecule has 3 aromatic carbocycles. The zero-order valence-electron chi connectivity index (χ0n) is 19.4. The molecule has 4 aromatic rings. The second-order valence-electron chi connectivity index (χ2n) is 7.78. The van der Waals surface area contributed by atoms with E-state index < -0.39 is 0 Å². The number of anilines is 3. The number of benzene rings is 3. The molecular formula is C27H28Br2N4O2S. The molecule has 1 heterocycles. The Morgan fingerprint density at radius 2 is 1.56 bits per heavy atom. The van der Waals surface area contributed by atoms with Crippen LogP contribution in [0.5, 0.6) is 11.5 Å². The molecule has 0 saturated heterocycles. The van der Waals surface area contributed by atoms with Crippen molar-refractivity contribution in [3.63, 3.8) is 0 Å². The van der Waals surface area contributed by atoms with Crippen LogP contribution in [0.4, 0.5) is 17.2 Å². The normalized spacial score (nSPS) is 12.8. The summed E-state index contributed by atoms with van der Waals surface area (Å²) in [6.07, 6.45) is 0. The number of aromatic amines is 1. The third-order valence-corrected chi connectivity index (χ3v) is 6.77. The van der Waals surface area contributed by atoms with Crippen LogP contribution in [-0.2, 0) is 0 Å². The Morgan fingerprint density at radius 3 is 2.17 bits per heavy atom. The van der Waals surface area contributed by atoms with Gasteiger partial charge in [0.2, 0.25) is 0 Å². The molecule has 0 aliphatic heterocycles. The third-order valence-electron chi connectivity index (χ3n) is 5.67. The first-order chi connectivity index (χ1) is 16.9. The van der Waals surface area contributed by atoms with Crippen LogP contribution in [0.3, 0.4) is 0 Å². The molecule has 0 spiro atoms. The van der Waals surface area contributed by atoms with Gasteiger partial charge in [-0.05, 0) is 54.1 Å². The first-order valence-corrected chi connectivity index (χ1v) is 12.8. The molecule has 0 unspecified atom stereocenters. The molecule has 5 rings (SSSR count). The number of thiocarbonyl (C=S) groups is 1. The Hall–Kier alpha value is -2.88. The lowest BCUT2D eigenvalue weighted by atomic mass is 9.99. The minimum Gasteiger partial charge on any atom is -0.493 e. The fourth-order valence-corrected chi connectivity index (χ4v) is 4.98. The number of aromatic nitrogens is 2. The van der Waals surface area contributed by atoms with Crippen LogP contribution in [0.15, 0.2) is 69.6 Å². The van der Waals surface area contributed by atoms with Gasteiger partial charge in [0.1, 0.15) is 0 Å². The monoisotopic (exact) mass is 630 g/mol. The number of ether oxygens (including phenoxy) is 2. The SMILES string of the molecule is C.COc1cc2c(cc1OC)[C@@H](C)c1c(Nc3cccc(Br)c3)n[nH]c1-2.S=CNc1cccc(Br)c1. The van der Waals surface area contributed by atoms with Crippen molar-refractivity contribution in [1.82, 2.24) is 10.2 Å². The summed E-state index contributed by atoms with van der Waals surface area (Å²) >= 11 is 11.5. The summed E-state index contributed by atoms with van der Waals surface area (Å²) in [7, 11) is 3.31. The van der Waals surface area contributed by atoms with Gasteiger partial charge in [-0.1, -0.05) is 70.6 Å². The number of hydrogen-bond acceptors (Lipinski definition) is 5. The quantitative estimate of drug-likeness (QED) is 0.185. The topological polar surface area (TPSA) is 71.2 Å². The van der Waals surface area contributed by atoms with Gasteiger partial charge in [0.05, 0.1) is 25.4 Å². The Bertz CT molecular complexity index is 1360. The summed E-state index contributed by atoms with van der Waals surface area (Å²) in [4.78, 5) is 0. The number of rotatable bonds is 6. The third kappa shape index (κ3) is 5.91. The summed E-state index contributed by atoms with van der Waals surface area (Å²) in [5.74, 6) is 2.51. The van der Waals surface area contributed by atoms with Gasteiger partial charge in [0.15, 0.2) is 17.3 Å². The fraction of sp³-hybridized carbons (Fsp3) is 0.185. The second kappa shape index (κ2) is 12.4. The van der Waals surface area contributed by atoms with Crippen LogP contribution < -0.4 is 20.1 Å². The summed E-state index contributed by atoms with van der Waals surface area (Å²) in [6, 6.07) is 19.9. The summed E-state index contributed by atoms with van der Waals surface area (Å²) < 4.78 is 13.0. The van der Waals surface area contributed by atoms with E-state index >= 15 is 0 Å². The van der Waals surface area contributed by atoms with E-state index in [9.17, 15) is 0 Å². The molecule has 1 atom stereocenters. The molecule has 0 saturated carbocycles. The summed E-state index contributed by atoms with van der Waals surface area (Å²) in [5, 5.41) is 14.0. The molecular weight excluding hydrogens is 604 g/mol. The lowest BCUT2D eigenvalue weighted by Gasteiger charge is -2.13. The number of hydrogen-bond donors (Lipinski definition) is 3. The molecule has 188 valence electrons. The zero-order chi connectivity index (χ0) is 24.9. The number of H-pyrrole nitrogens is 1. The van der Waals surface area contributed by atoms with E-state index in [1.807, 2.05) is 54.6 Å². The Balaban J connectivity index is 0.000000278. The second-order valence-corrected chi connectivity index (χ2v) is 9.85. The van der Waals surface area contributed by atoms with Crippen molar-refractivity contribution in [3.8, 4) is 22.8 Å². The Kier molecular flexibility index (Phi) is 9.53. The van der Waals surface area contributed by atoms with E-state index in [2.05, 4.69) is 77.9 Å². The lowest BCUT2D eigenvalue weighted by molar-refractivity contribution is 0.354. The number of halogens is 2. The van der Waals surface area contributed by atoms with E-state index in [0.29, 0.717) is 0 Å². The van der Waals surface area contributed by atoms with E-state index in [1.165, 1.54) is 11.1 Å². The van der Waals surface area contributed by atoms with Crippen molar-refractivity contribution >= 4 is 66.8 Å². The van der Waals surface area contributed by atoms with Gasteiger partial charge in [0, 0.05) is 37.4 Å². The Morgan fingerprint density at radius 1 is 0.944 bits per heavy atom. The molecule has 1 aliphatic carbocycles. The first kappa shape index (κ1) is 27.7. The number of nitrogens with one attached hydrogen (secondary N) is 3. The molecule has 0 radical (unpaired) electrons. The molecule has 0 fully saturated rings. The van der Waals surface area contributed by atoms with Gasteiger partial charge in [-0.3, -0.25) is 5.10 Å². The van der Waals surface area contributed by atoms with Crippen molar-refractivity contribution in [2.24, 2.45) is 0 Å². The van der Waals surface area contributed by atoms with E-state index in [0.717, 1.165) is 54.5 Å². The maximum Gasteiger partial charge on any atom is 0.161 e. The maximum absolute atomic E-state index is 5.45. The van der Waals surface area contributed by atoms with Crippen LogP contribution in [0.1, 0.15) is 31.4 Å². The minimum atomic E-state index is 0. The lowest BCUT2D eigenvalue weighted by Crippen LogP contribution is -1.98. The molecule has 1 aliphatic rings. The number of nitrogens with zero attached hydrogens (tertiary/aromatic N) is 1. The van der Waals surface area contributed by atoms with Crippen LogP contribution in [0.2, 0.25) is 0 Å². The molecule has 0 bridgehead atoms. The highest BCUT2D eigenvalue weighted by Gasteiger charge is 2.32. The van der Waals surface area contributed by atoms with Gasteiger partial charge < -0.3 is 20.1 Å². The van der Waals surface area contributed by atoms with Crippen molar-refractivity contribution < 1.29 is 9.47 Å². The largest absolute Gasteiger partial charge is 0.493 e. The van der Waals surface area contributed by atoms with E-state index in [1.54, 1.807) is 14.2 Å². The first-order valence-electron chi connectivity index (χ1n) is 10.8. The predicted molar refractivity (Wildman–Crippen MR) is 160 cm³/mol. The van der Waals surface area contributed by atoms with Gasteiger partial charge in [-0.25, -0.2) is 0 Å². The fourth-order valence-electron chi connectivity index (χ4n) is 4.05. The van der Waals surface area contributed by atoms with E-state index in [-0.39, 0.29) is 13.3 Å². The highest BCUT2D eigenvalue weighted by Crippen LogP contribution is 2.50. The minimum absolute atomic E-state index is 0. The maximum atomic E-state index is 5.45. The van der Waals surface area contributed by atoms with Gasteiger partial charge in [-0.2, -0.15) is 5.10 Å². The smallest absolute Gasteiger partial charge is 0.161 e. The van der Waals surface area contributed by atoms with Crippen LogP contribution in [-0.4, -0.2) is 29.9 Å². The highest BCUT2D eigenvalue weighted by molar-refractivity contribution is 9.10. The molecule has 9 heteroatoms. The molecule has 36 heavy (non-hydrogen) atoms. The van der Waals surface area contributed by atoms with Crippen LogP contribution >= 0.6 is 44.1 Å². The average Bonchev–Trinajstić information content (AvgIpc) is 3.38. The van der Waals surface area contributed by atoms with Gasteiger partial charge in [-0.15, -0.1) is 0 Å². The molecule has 6 nitrogen and oxygen atoms in total. The zero-order valence-corrected chi connectivity index (χ0v) is 23.3. The average molecular weight is 632 g/mol. The highest BCUT2D eigenvalue weighted by atomic mass is 79.9. The van der Waals surface area contributed by atoms with Crippen molar-refractivity contribution in [1.29, 1.82) is 0 Å². The van der Waals surface area contributed by atoms with Crippen molar-refractivity contribution in [2.45, 2.75) is 20.3 Å². The van der Waals surface area contributed by atoms with Crippen LogP contribution in [0.25, 0.3) is 11.3 Å². The summed E-state index contributed by atoms with van der Waals surface area (Å²) in [6.45, 7) is 2.18. The van der Waals surface area contributed by atoms with E-state index in [4.69, 9.17) is 9.47 Å². The molecule has 3 N–H and O–H groups in total. The van der Waals surface area contributed by atoms with Gasteiger partial charge >= 0.3 is 0 Å². The van der Waals surface area contributed by atoms with Gasteiger partial charge in [0.25, 0.3) is 0 Å². The molecule has 0 amide bonds. The number of fused-ring (bicyclic) bond motifs is 3. The summed E-state index contributed by atoms with van der Waals surface area (Å²) in [5.41, 5.74) is 7.98. The predicted octanol–water partition coefficient (Wildman–Crippen LogP) is 8.52. The number of methoxy groups -OCH3 is 2. The molecule has 1 aromatic heterocycles. The van der Waals surface area contributed by atoms with Crippen LogP contribution in [0, 0.1) is 0 Å². The standard InChI is InChI=1S/C19H18BrN3O2.C7H6BrNS.CH4/c1-10-13-8-15(24-2)16(25-3)9-14(13)18-17(10)19(23-22-18)21-12-6-4-5-11(20)7-12;8-6-2-1-3-7(4-6)9-5-10;/h4-10H,1-3H3,(H2,21,22,23);1-5H,(H,9,10);1H4/t10-;;/m1../s1.